The van der Waals surface area contributed by atoms with Crippen LogP contribution < -0.4 is 20.1 Å². The highest BCUT2D eigenvalue weighted by Crippen LogP contribution is 2.46. The van der Waals surface area contributed by atoms with Gasteiger partial charge in [0, 0.05) is 47.3 Å². The highest BCUT2D eigenvalue weighted by molar-refractivity contribution is 6.41. The Morgan fingerprint density at radius 2 is 1.70 bits per heavy atom. The summed E-state index contributed by atoms with van der Waals surface area (Å²) in [6.07, 6.45) is 4.15. The first-order valence-electron chi connectivity index (χ1n) is 14.0. The molecule has 5 aromatic rings. The molecule has 2 N–H and O–H groups in total. The van der Waals surface area contributed by atoms with Gasteiger partial charge < -0.3 is 20.1 Å². The van der Waals surface area contributed by atoms with Gasteiger partial charge in [0.15, 0.2) is 5.78 Å². The number of benzene rings is 3. The summed E-state index contributed by atoms with van der Waals surface area (Å²) in [4.78, 5) is 21.9. The fraction of sp³-hybridized carbons (Fsp3) is 0.171. The van der Waals surface area contributed by atoms with Crippen molar-refractivity contribution in [1.29, 1.82) is 0 Å². The van der Waals surface area contributed by atoms with Gasteiger partial charge in [-0.1, -0.05) is 78.3 Å². The van der Waals surface area contributed by atoms with Gasteiger partial charge in [-0.3, -0.25) is 4.79 Å². The predicted octanol–water partition coefficient (Wildman–Crippen LogP) is 8.63. The third-order valence-corrected chi connectivity index (χ3v) is 8.05. The van der Waals surface area contributed by atoms with Crippen molar-refractivity contribution < 1.29 is 14.3 Å². The number of halogens is 2. The number of rotatable bonds is 12. The van der Waals surface area contributed by atoms with Gasteiger partial charge in [-0.2, -0.15) is 0 Å². The van der Waals surface area contributed by atoms with E-state index >= 15 is 0 Å². The number of para-hydroxylation sites is 1. The second-order valence-corrected chi connectivity index (χ2v) is 10.9. The Kier molecular flexibility index (Phi) is 9.68. The summed E-state index contributed by atoms with van der Waals surface area (Å²) in [5.74, 6) is 2.03. The van der Waals surface area contributed by atoms with Crippen LogP contribution in [0.1, 0.15) is 16.7 Å². The molecule has 0 aliphatic rings. The number of methoxy groups -OCH3 is 2. The highest BCUT2D eigenvalue weighted by Gasteiger charge is 2.21. The number of ether oxygens (including phenoxy) is 2. The van der Waals surface area contributed by atoms with Crippen molar-refractivity contribution in [2.45, 2.75) is 19.8 Å². The molecule has 9 heteroatoms. The van der Waals surface area contributed by atoms with Crippen molar-refractivity contribution in [3.63, 3.8) is 0 Å². The number of pyridine rings is 2. The molecular formula is C35H32Cl2N4O3. The number of allylic oxidation sites excluding steroid dienone is 1. The van der Waals surface area contributed by atoms with Gasteiger partial charge in [0.2, 0.25) is 0 Å². The highest BCUT2D eigenvalue weighted by atomic mass is 35.5. The number of hydrogen-bond acceptors (Lipinski definition) is 7. The summed E-state index contributed by atoms with van der Waals surface area (Å²) in [5, 5.41) is 9.28. The number of nitrogens with zero attached hydrogens (tertiary/aromatic N) is 2. The van der Waals surface area contributed by atoms with Crippen LogP contribution in [0.25, 0.3) is 22.0 Å². The lowest BCUT2D eigenvalue weighted by Gasteiger charge is -2.18. The minimum Gasteiger partial charge on any atom is -0.495 e. The number of carbonyl (C=O) groups excluding carboxylic acids is 1. The molecule has 0 aliphatic heterocycles. The van der Waals surface area contributed by atoms with Crippen LogP contribution in [0, 0.1) is 6.92 Å². The molecule has 0 radical (unpaired) electrons. The predicted molar refractivity (Wildman–Crippen MR) is 180 cm³/mol. The van der Waals surface area contributed by atoms with Gasteiger partial charge in [0.25, 0.3) is 0 Å². The molecule has 0 spiro atoms. The Bertz CT molecular complexity index is 1820. The topological polar surface area (TPSA) is 85.4 Å². The molecule has 2 heterocycles. The van der Waals surface area contributed by atoms with Crippen LogP contribution in [0.15, 0.2) is 85.6 Å². The fourth-order valence-electron chi connectivity index (χ4n) is 5.00. The number of nitrogens with one attached hydrogen (secondary N) is 2. The minimum atomic E-state index is -0.0572. The largest absolute Gasteiger partial charge is 0.495 e. The molecule has 2 aromatic heterocycles. The summed E-state index contributed by atoms with van der Waals surface area (Å²) in [6.45, 7) is 6.24. The van der Waals surface area contributed by atoms with Crippen molar-refractivity contribution in [3.8, 4) is 22.8 Å². The molecule has 0 atom stereocenters. The lowest BCUT2D eigenvalue weighted by Crippen LogP contribution is -2.08. The first-order chi connectivity index (χ1) is 21.3. The van der Waals surface area contributed by atoms with E-state index in [2.05, 4.69) is 29.3 Å². The molecule has 0 amide bonds. The molecule has 0 unspecified atom stereocenters. The van der Waals surface area contributed by atoms with E-state index in [1.54, 1.807) is 12.3 Å². The fourth-order valence-corrected chi connectivity index (χ4v) is 5.69. The molecule has 5 rings (SSSR count). The average molecular weight is 628 g/mol. The number of carbonyl (C=O) groups is 1. The summed E-state index contributed by atoms with van der Waals surface area (Å²) < 4.78 is 11.0. The maximum atomic E-state index is 12.2. The van der Waals surface area contributed by atoms with Crippen LogP contribution in [-0.2, 0) is 17.6 Å². The molecule has 3 aromatic carbocycles. The Labute approximate surface area is 266 Å². The van der Waals surface area contributed by atoms with Crippen LogP contribution in [0.5, 0.6) is 11.5 Å². The molecule has 0 aliphatic carbocycles. The SMILES string of the molecule is C=CC(=O)Cc1cccc(C)c1Nc1cc2c(NCCc3ccccc3)nc(-c3c(Cl)c(OC)cc(OC)c3Cl)cc2cn1. The van der Waals surface area contributed by atoms with Crippen LogP contribution in [-0.4, -0.2) is 36.5 Å². The first-order valence-corrected chi connectivity index (χ1v) is 14.8. The summed E-state index contributed by atoms with van der Waals surface area (Å²) in [7, 11) is 3.07. The smallest absolute Gasteiger partial charge is 0.159 e. The number of aromatic nitrogens is 2. The van der Waals surface area contributed by atoms with Gasteiger partial charge >= 0.3 is 0 Å². The standard InChI is InChI=1S/C35H32Cl2N4O3/c1-5-25(42)16-23-13-9-10-21(2)34(23)41-30-18-26-24(20-39-30)17-27(31-32(36)28(43-3)19-29(44-4)33(31)37)40-35(26)38-15-14-22-11-7-6-8-12-22/h5-13,17-20H,1,14-16H2,2-4H3,(H,38,40)(H,39,41). The van der Waals surface area contributed by atoms with E-state index in [1.807, 2.05) is 55.5 Å². The lowest BCUT2D eigenvalue weighted by atomic mass is 10.0. The Morgan fingerprint density at radius 1 is 0.977 bits per heavy atom. The van der Waals surface area contributed by atoms with Gasteiger partial charge in [0.05, 0.1) is 30.0 Å². The van der Waals surface area contributed by atoms with E-state index in [-0.39, 0.29) is 12.2 Å². The maximum Gasteiger partial charge on any atom is 0.159 e. The average Bonchev–Trinajstić information content (AvgIpc) is 3.03. The molecule has 0 saturated carbocycles. The van der Waals surface area contributed by atoms with Gasteiger partial charge in [-0.25, -0.2) is 9.97 Å². The van der Waals surface area contributed by atoms with Crippen LogP contribution in [0.4, 0.5) is 17.3 Å². The Balaban J connectivity index is 1.60. The van der Waals surface area contributed by atoms with Crippen molar-refractivity contribution in [3.05, 3.63) is 112 Å². The number of fused-ring (bicyclic) bond motifs is 1. The van der Waals surface area contributed by atoms with Crippen LogP contribution >= 0.6 is 23.2 Å². The summed E-state index contributed by atoms with van der Waals surface area (Å²) in [5.41, 5.74) is 4.93. The van der Waals surface area contributed by atoms with E-state index in [1.165, 1.54) is 25.9 Å². The number of anilines is 3. The normalized spacial score (nSPS) is 10.8. The van der Waals surface area contributed by atoms with Crippen LogP contribution in [0.3, 0.4) is 0 Å². The van der Waals surface area contributed by atoms with Crippen molar-refractivity contribution in [2.24, 2.45) is 0 Å². The quantitative estimate of drug-likeness (QED) is 0.134. The molecule has 44 heavy (non-hydrogen) atoms. The zero-order valence-electron chi connectivity index (χ0n) is 24.7. The van der Waals surface area contributed by atoms with Gasteiger partial charge in [0.1, 0.15) is 23.1 Å². The molecular weight excluding hydrogens is 595 g/mol. The van der Waals surface area contributed by atoms with Crippen molar-refractivity contribution >= 4 is 57.1 Å². The zero-order valence-corrected chi connectivity index (χ0v) is 26.2. The Hall–Kier alpha value is -4.59. The molecule has 7 nitrogen and oxygen atoms in total. The van der Waals surface area contributed by atoms with E-state index in [0.717, 1.165) is 34.0 Å². The Morgan fingerprint density at radius 3 is 2.39 bits per heavy atom. The van der Waals surface area contributed by atoms with Crippen molar-refractivity contribution in [2.75, 3.05) is 31.4 Å². The van der Waals surface area contributed by atoms with Gasteiger partial charge in [-0.15, -0.1) is 0 Å². The maximum absolute atomic E-state index is 12.2. The van der Waals surface area contributed by atoms with E-state index in [0.29, 0.717) is 51.0 Å². The summed E-state index contributed by atoms with van der Waals surface area (Å²) >= 11 is 13.6. The van der Waals surface area contributed by atoms with Crippen LogP contribution in [0.2, 0.25) is 10.0 Å². The zero-order chi connectivity index (χ0) is 31.2. The minimum absolute atomic E-state index is 0.0572. The molecule has 0 fully saturated rings. The molecule has 0 saturated heterocycles. The number of ketones is 1. The second-order valence-electron chi connectivity index (χ2n) is 10.2. The molecule has 224 valence electrons. The number of hydrogen-bond donors (Lipinski definition) is 2. The lowest BCUT2D eigenvalue weighted by molar-refractivity contribution is -0.114. The number of aryl methyl sites for hydroxylation is 1. The monoisotopic (exact) mass is 626 g/mol. The van der Waals surface area contributed by atoms with Crippen molar-refractivity contribution in [1.82, 2.24) is 9.97 Å². The molecule has 0 bridgehead atoms. The third kappa shape index (κ3) is 6.64. The third-order valence-electron chi connectivity index (χ3n) is 7.30. The van der Waals surface area contributed by atoms with Gasteiger partial charge in [-0.05, 0) is 48.2 Å². The summed E-state index contributed by atoms with van der Waals surface area (Å²) in [6, 6.07) is 21.6. The van der Waals surface area contributed by atoms with E-state index in [4.69, 9.17) is 42.6 Å². The van der Waals surface area contributed by atoms with E-state index < -0.39 is 0 Å². The second kappa shape index (κ2) is 13.8. The first kappa shape index (κ1) is 30.9. The van der Waals surface area contributed by atoms with E-state index in [9.17, 15) is 4.79 Å².